The number of carbonyl (C=O) groups is 1. The number of benzene rings is 1. The molecule has 1 saturated carbocycles. The van der Waals surface area contributed by atoms with Crippen LogP contribution in [-0.4, -0.2) is 59.8 Å². The van der Waals surface area contributed by atoms with Gasteiger partial charge in [-0.05, 0) is 56.2 Å². The third-order valence-electron chi connectivity index (χ3n) is 5.26. The first-order valence-corrected chi connectivity index (χ1v) is 12.6. The molecule has 0 bridgehead atoms. The molecule has 2 heterocycles. The van der Waals surface area contributed by atoms with E-state index in [1.54, 1.807) is 6.92 Å². The fourth-order valence-electron chi connectivity index (χ4n) is 3.54. The van der Waals surface area contributed by atoms with Crippen molar-refractivity contribution >= 4 is 39.4 Å². The van der Waals surface area contributed by atoms with E-state index in [-0.39, 0.29) is 23.3 Å². The van der Waals surface area contributed by atoms with E-state index < -0.39 is 16.1 Å². The SMILES string of the molecule is CC#C[C@H]1CN(S(=O)(=O)c2ccc(NC(=O)O)nc2)CCN1c1ccc(SC2CC2)cc1. The van der Waals surface area contributed by atoms with Gasteiger partial charge in [0.15, 0.2) is 0 Å². The molecular formula is C22H24N4O4S2. The number of aromatic nitrogens is 1. The van der Waals surface area contributed by atoms with Crippen LogP contribution in [0.2, 0.25) is 0 Å². The molecule has 8 nitrogen and oxygen atoms in total. The molecule has 2 N–H and O–H groups in total. The highest BCUT2D eigenvalue weighted by molar-refractivity contribution is 8.00. The molecule has 1 aromatic carbocycles. The van der Waals surface area contributed by atoms with Gasteiger partial charge in [0, 0.05) is 41.7 Å². The molecule has 1 aliphatic carbocycles. The molecule has 168 valence electrons. The molecule has 0 unspecified atom stereocenters. The summed E-state index contributed by atoms with van der Waals surface area (Å²) in [6, 6.07) is 10.8. The Morgan fingerprint density at radius 1 is 1.19 bits per heavy atom. The Balaban J connectivity index is 1.49. The number of rotatable bonds is 6. The first-order valence-electron chi connectivity index (χ1n) is 10.3. The predicted octanol–water partition coefficient (Wildman–Crippen LogP) is 3.33. The summed E-state index contributed by atoms with van der Waals surface area (Å²) in [7, 11) is -3.78. The van der Waals surface area contributed by atoms with Crippen molar-refractivity contribution in [3.05, 3.63) is 42.6 Å². The lowest BCUT2D eigenvalue weighted by Crippen LogP contribution is -2.54. The van der Waals surface area contributed by atoms with E-state index in [9.17, 15) is 13.2 Å². The third-order valence-corrected chi connectivity index (χ3v) is 8.46. The van der Waals surface area contributed by atoms with Crippen molar-refractivity contribution in [2.45, 2.75) is 40.8 Å². The zero-order valence-corrected chi connectivity index (χ0v) is 19.2. The van der Waals surface area contributed by atoms with Gasteiger partial charge in [-0.2, -0.15) is 4.31 Å². The smallest absolute Gasteiger partial charge is 0.410 e. The van der Waals surface area contributed by atoms with Gasteiger partial charge < -0.3 is 10.0 Å². The zero-order chi connectivity index (χ0) is 22.7. The average Bonchev–Trinajstić information content (AvgIpc) is 3.59. The maximum absolute atomic E-state index is 13.1. The van der Waals surface area contributed by atoms with Crippen molar-refractivity contribution in [2.75, 3.05) is 29.9 Å². The Morgan fingerprint density at radius 3 is 2.53 bits per heavy atom. The summed E-state index contributed by atoms with van der Waals surface area (Å²) in [4.78, 5) is 18.0. The number of amides is 1. The second-order valence-corrected chi connectivity index (χ2v) is 10.9. The summed E-state index contributed by atoms with van der Waals surface area (Å²) in [5.74, 6) is 6.14. The van der Waals surface area contributed by atoms with E-state index in [0.29, 0.717) is 13.1 Å². The van der Waals surface area contributed by atoms with Gasteiger partial charge in [-0.15, -0.1) is 17.7 Å². The van der Waals surface area contributed by atoms with Crippen LogP contribution in [0.25, 0.3) is 0 Å². The Labute approximate surface area is 192 Å². The molecule has 1 saturated heterocycles. The zero-order valence-electron chi connectivity index (χ0n) is 17.6. The fourth-order valence-corrected chi connectivity index (χ4v) is 5.97. The Hall–Kier alpha value is -2.74. The van der Waals surface area contributed by atoms with E-state index in [0.717, 1.165) is 10.9 Å². The monoisotopic (exact) mass is 472 g/mol. The van der Waals surface area contributed by atoms with Crippen LogP contribution in [0, 0.1) is 11.8 Å². The topological polar surface area (TPSA) is 103 Å². The van der Waals surface area contributed by atoms with Gasteiger partial charge in [-0.3, -0.25) is 5.32 Å². The van der Waals surface area contributed by atoms with Crippen molar-refractivity contribution in [1.29, 1.82) is 0 Å². The van der Waals surface area contributed by atoms with Crippen LogP contribution in [0.1, 0.15) is 19.8 Å². The molecule has 10 heteroatoms. The van der Waals surface area contributed by atoms with E-state index in [1.165, 1.54) is 40.4 Å². The van der Waals surface area contributed by atoms with E-state index in [4.69, 9.17) is 5.11 Å². The number of sulfonamides is 1. The van der Waals surface area contributed by atoms with Gasteiger partial charge in [0.25, 0.3) is 0 Å². The van der Waals surface area contributed by atoms with Gasteiger partial charge in [-0.25, -0.2) is 18.2 Å². The van der Waals surface area contributed by atoms with Crippen LogP contribution in [0.15, 0.2) is 52.4 Å². The van der Waals surface area contributed by atoms with E-state index in [2.05, 4.69) is 51.3 Å². The molecule has 32 heavy (non-hydrogen) atoms. The van der Waals surface area contributed by atoms with Gasteiger partial charge >= 0.3 is 6.09 Å². The number of pyridine rings is 1. The first kappa shape index (κ1) is 22.5. The summed E-state index contributed by atoms with van der Waals surface area (Å²) < 4.78 is 27.7. The number of thioether (sulfide) groups is 1. The first-order chi connectivity index (χ1) is 15.4. The molecule has 2 aliphatic rings. The largest absolute Gasteiger partial charge is 0.465 e. The van der Waals surface area contributed by atoms with Crippen molar-refractivity contribution in [3.63, 3.8) is 0 Å². The summed E-state index contributed by atoms with van der Waals surface area (Å²) in [5.41, 5.74) is 1.03. The third kappa shape index (κ3) is 5.18. The lowest BCUT2D eigenvalue weighted by molar-refractivity contribution is 0.209. The van der Waals surface area contributed by atoms with E-state index in [1.807, 2.05) is 11.8 Å². The highest BCUT2D eigenvalue weighted by Gasteiger charge is 2.34. The normalized spacial score (nSPS) is 19.2. The number of nitrogens with zero attached hydrogens (tertiary/aromatic N) is 3. The number of nitrogens with one attached hydrogen (secondary N) is 1. The van der Waals surface area contributed by atoms with Crippen LogP contribution >= 0.6 is 11.8 Å². The van der Waals surface area contributed by atoms with Gasteiger partial charge in [0.2, 0.25) is 10.0 Å². The quantitative estimate of drug-likeness (QED) is 0.622. The number of carboxylic acid groups (broad SMARTS) is 1. The van der Waals surface area contributed by atoms with Gasteiger partial charge in [0.1, 0.15) is 16.8 Å². The number of piperazine rings is 1. The Kier molecular flexibility index (Phi) is 6.60. The lowest BCUT2D eigenvalue weighted by Gasteiger charge is -2.39. The molecule has 1 aromatic heterocycles. The van der Waals surface area contributed by atoms with E-state index >= 15 is 0 Å². The Morgan fingerprint density at radius 2 is 1.94 bits per heavy atom. The van der Waals surface area contributed by atoms with Crippen LogP contribution in [0.5, 0.6) is 0 Å². The summed E-state index contributed by atoms with van der Waals surface area (Å²) in [6.45, 7) is 2.81. The second-order valence-electron chi connectivity index (χ2n) is 7.59. The molecule has 1 atom stereocenters. The molecule has 2 aromatic rings. The second kappa shape index (κ2) is 9.40. The summed E-state index contributed by atoms with van der Waals surface area (Å²) in [5, 5.41) is 11.6. The molecular weight excluding hydrogens is 448 g/mol. The van der Waals surface area contributed by atoms with Crippen molar-refractivity contribution < 1.29 is 18.3 Å². The maximum atomic E-state index is 13.1. The standard InChI is InChI=1S/C22H24N4O4S2/c1-2-3-17-15-25(32(29,30)20-10-11-21(23-14-20)24-22(27)28)12-13-26(17)16-4-6-18(7-5-16)31-19-8-9-19/h4-7,10-11,14,17,19H,8-9,12-13,15H2,1H3,(H,23,24)(H,27,28)/t17-/m0/s1. The number of anilines is 2. The minimum Gasteiger partial charge on any atom is -0.465 e. The molecule has 1 amide bonds. The molecule has 2 fully saturated rings. The summed E-state index contributed by atoms with van der Waals surface area (Å²) >= 11 is 1.90. The maximum Gasteiger partial charge on any atom is 0.410 e. The minimum absolute atomic E-state index is 0.0200. The van der Waals surface area contributed by atoms with Crippen LogP contribution in [0.4, 0.5) is 16.3 Å². The minimum atomic E-state index is -3.78. The van der Waals surface area contributed by atoms with Crippen molar-refractivity contribution in [1.82, 2.24) is 9.29 Å². The highest BCUT2D eigenvalue weighted by Crippen LogP contribution is 2.39. The van der Waals surface area contributed by atoms with Gasteiger partial charge in [0.05, 0.1) is 0 Å². The van der Waals surface area contributed by atoms with Crippen molar-refractivity contribution in [2.24, 2.45) is 0 Å². The number of hydrogen-bond donors (Lipinski definition) is 2. The Bertz CT molecular complexity index is 1140. The molecule has 0 radical (unpaired) electrons. The molecule has 0 spiro atoms. The van der Waals surface area contributed by atoms with Crippen molar-refractivity contribution in [3.8, 4) is 11.8 Å². The predicted molar refractivity (Wildman–Crippen MR) is 125 cm³/mol. The van der Waals surface area contributed by atoms with Crippen LogP contribution in [0.3, 0.4) is 0 Å². The van der Waals surface area contributed by atoms with Crippen LogP contribution in [-0.2, 0) is 10.0 Å². The summed E-state index contributed by atoms with van der Waals surface area (Å²) in [6.07, 6.45) is 2.48. The van der Waals surface area contributed by atoms with Gasteiger partial charge in [-0.1, -0.05) is 5.92 Å². The molecule has 4 rings (SSSR count). The molecule has 1 aliphatic heterocycles. The fraction of sp³-hybridized carbons (Fsp3) is 0.364. The number of hydrogen-bond acceptors (Lipinski definition) is 6. The average molecular weight is 473 g/mol. The lowest BCUT2D eigenvalue weighted by atomic mass is 10.1. The van der Waals surface area contributed by atoms with Crippen LogP contribution < -0.4 is 10.2 Å². The highest BCUT2D eigenvalue weighted by atomic mass is 32.2.